The third-order valence-corrected chi connectivity index (χ3v) is 3.30. The zero-order chi connectivity index (χ0) is 14.5. The standard InChI is InChI=1S/C14H16N2O4/c1-20-14(19)7-12(17)10-6-13(18)16(8-10)9-11-4-2-3-5-15-11/h2-5,10H,6-9H2,1H3. The third-order valence-electron chi connectivity index (χ3n) is 3.30. The highest BCUT2D eigenvalue weighted by Crippen LogP contribution is 2.21. The van der Waals surface area contributed by atoms with E-state index in [0.717, 1.165) is 5.69 Å². The minimum absolute atomic E-state index is 0.0844. The quantitative estimate of drug-likeness (QED) is 0.580. The summed E-state index contributed by atoms with van der Waals surface area (Å²) in [5.74, 6) is -1.32. The molecule has 1 aliphatic rings. The molecule has 0 saturated carbocycles. The number of rotatable bonds is 5. The molecule has 1 aliphatic heterocycles. The van der Waals surface area contributed by atoms with E-state index >= 15 is 0 Å². The molecule has 6 nitrogen and oxygen atoms in total. The lowest BCUT2D eigenvalue weighted by molar-refractivity contribution is -0.144. The number of hydrogen-bond acceptors (Lipinski definition) is 5. The summed E-state index contributed by atoms with van der Waals surface area (Å²) < 4.78 is 4.46. The van der Waals surface area contributed by atoms with E-state index in [9.17, 15) is 14.4 Å². The second kappa shape index (κ2) is 6.27. The van der Waals surface area contributed by atoms with Gasteiger partial charge in [0, 0.05) is 25.1 Å². The van der Waals surface area contributed by atoms with Crippen LogP contribution in [0, 0.1) is 5.92 Å². The Morgan fingerprint density at radius 2 is 2.25 bits per heavy atom. The molecular formula is C14H16N2O4. The van der Waals surface area contributed by atoms with Crippen LogP contribution in [-0.2, 0) is 25.7 Å². The van der Waals surface area contributed by atoms with Crippen LogP contribution in [0.15, 0.2) is 24.4 Å². The molecule has 0 spiro atoms. The number of likely N-dealkylation sites (tertiary alicyclic amines) is 1. The van der Waals surface area contributed by atoms with Crippen LogP contribution in [0.1, 0.15) is 18.5 Å². The van der Waals surface area contributed by atoms with Crippen molar-refractivity contribution in [2.24, 2.45) is 5.92 Å². The van der Waals surface area contributed by atoms with Crippen LogP contribution in [0.2, 0.25) is 0 Å². The van der Waals surface area contributed by atoms with Gasteiger partial charge in [0.25, 0.3) is 0 Å². The fourth-order valence-electron chi connectivity index (χ4n) is 2.19. The van der Waals surface area contributed by atoms with Gasteiger partial charge in [-0.25, -0.2) is 0 Å². The van der Waals surface area contributed by atoms with Gasteiger partial charge in [-0.2, -0.15) is 0 Å². The topological polar surface area (TPSA) is 76.6 Å². The number of hydrogen-bond donors (Lipinski definition) is 0. The second-order valence-corrected chi connectivity index (χ2v) is 4.72. The van der Waals surface area contributed by atoms with E-state index in [1.54, 1.807) is 17.2 Å². The van der Waals surface area contributed by atoms with Crippen LogP contribution < -0.4 is 0 Å². The second-order valence-electron chi connectivity index (χ2n) is 4.72. The van der Waals surface area contributed by atoms with Crippen molar-refractivity contribution in [2.45, 2.75) is 19.4 Å². The number of ketones is 1. The lowest BCUT2D eigenvalue weighted by Gasteiger charge is -2.15. The average molecular weight is 276 g/mol. The third kappa shape index (κ3) is 3.40. The smallest absolute Gasteiger partial charge is 0.313 e. The fourth-order valence-corrected chi connectivity index (χ4v) is 2.19. The molecule has 0 bridgehead atoms. The Morgan fingerprint density at radius 3 is 2.90 bits per heavy atom. The Kier molecular flexibility index (Phi) is 4.45. The van der Waals surface area contributed by atoms with Crippen LogP contribution in [0.5, 0.6) is 0 Å². The van der Waals surface area contributed by atoms with E-state index in [0.29, 0.717) is 13.1 Å². The summed E-state index contributed by atoms with van der Waals surface area (Å²) in [5, 5.41) is 0. The Morgan fingerprint density at radius 1 is 1.45 bits per heavy atom. The van der Waals surface area contributed by atoms with Crippen LogP contribution in [0.3, 0.4) is 0 Å². The molecule has 1 saturated heterocycles. The van der Waals surface area contributed by atoms with Gasteiger partial charge < -0.3 is 9.64 Å². The van der Waals surface area contributed by atoms with Crippen molar-refractivity contribution in [3.8, 4) is 0 Å². The minimum Gasteiger partial charge on any atom is -0.469 e. The summed E-state index contributed by atoms with van der Waals surface area (Å²) in [6.45, 7) is 0.729. The number of ether oxygens (including phenoxy) is 1. The van der Waals surface area contributed by atoms with Gasteiger partial charge in [0.05, 0.1) is 19.3 Å². The molecule has 0 N–H and O–H groups in total. The summed E-state index contributed by atoms with van der Waals surface area (Å²) in [4.78, 5) is 40.6. The van der Waals surface area contributed by atoms with Crippen LogP contribution in [0.4, 0.5) is 0 Å². The van der Waals surface area contributed by atoms with Crippen molar-refractivity contribution < 1.29 is 19.1 Å². The van der Waals surface area contributed by atoms with Gasteiger partial charge >= 0.3 is 5.97 Å². The summed E-state index contributed by atoms with van der Waals surface area (Å²) >= 11 is 0. The van der Waals surface area contributed by atoms with Crippen molar-refractivity contribution in [1.82, 2.24) is 9.88 Å². The molecule has 20 heavy (non-hydrogen) atoms. The highest BCUT2D eigenvalue weighted by Gasteiger charge is 2.34. The highest BCUT2D eigenvalue weighted by atomic mass is 16.5. The van der Waals surface area contributed by atoms with E-state index in [2.05, 4.69) is 9.72 Å². The first kappa shape index (κ1) is 14.2. The number of esters is 1. The van der Waals surface area contributed by atoms with E-state index in [1.807, 2.05) is 12.1 Å². The number of nitrogens with zero attached hydrogens (tertiary/aromatic N) is 2. The Balaban J connectivity index is 1.93. The van der Waals surface area contributed by atoms with Crippen molar-refractivity contribution in [1.29, 1.82) is 0 Å². The molecule has 6 heteroatoms. The number of Topliss-reactive ketones (excluding diaryl/α,β-unsaturated/α-hetero) is 1. The van der Waals surface area contributed by atoms with Gasteiger partial charge in [-0.15, -0.1) is 0 Å². The molecule has 0 aliphatic carbocycles. The first-order valence-corrected chi connectivity index (χ1v) is 6.37. The van der Waals surface area contributed by atoms with Gasteiger partial charge in [0.1, 0.15) is 12.2 Å². The molecule has 1 aromatic heterocycles. The zero-order valence-electron chi connectivity index (χ0n) is 11.2. The number of pyridine rings is 1. The Hall–Kier alpha value is -2.24. The van der Waals surface area contributed by atoms with Crippen molar-refractivity contribution in [3.63, 3.8) is 0 Å². The summed E-state index contributed by atoms with van der Waals surface area (Å²) in [6, 6.07) is 5.48. The lowest BCUT2D eigenvalue weighted by atomic mass is 10.0. The predicted molar refractivity (Wildman–Crippen MR) is 69.4 cm³/mol. The Bertz CT molecular complexity index is 515. The molecule has 1 atom stereocenters. The van der Waals surface area contributed by atoms with Gasteiger partial charge in [-0.05, 0) is 12.1 Å². The molecule has 0 radical (unpaired) electrons. The van der Waals surface area contributed by atoms with E-state index in [1.165, 1.54) is 7.11 Å². The number of carbonyl (C=O) groups is 3. The van der Waals surface area contributed by atoms with Crippen molar-refractivity contribution in [3.05, 3.63) is 30.1 Å². The van der Waals surface area contributed by atoms with Gasteiger partial charge in [0.15, 0.2) is 0 Å². The van der Waals surface area contributed by atoms with Crippen molar-refractivity contribution >= 4 is 17.7 Å². The largest absolute Gasteiger partial charge is 0.469 e. The van der Waals surface area contributed by atoms with Gasteiger partial charge in [0.2, 0.25) is 5.91 Å². The first-order valence-electron chi connectivity index (χ1n) is 6.37. The highest BCUT2D eigenvalue weighted by molar-refractivity contribution is 5.99. The Labute approximate surface area is 116 Å². The molecule has 2 rings (SSSR count). The fraction of sp³-hybridized carbons (Fsp3) is 0.429. The molecule has 0 aromatic carbocycles. The zero-order valence-corrected chi connectivity index (χ0v) is 11.2. The number of aromatic nitrogens is 1. The maximum absolute atomic E-state index is 11.9. The molecule has 1 amide bonds. The number of methoxy groups -OCH3 is 1. The summed E-state index contributed by atoms with van der Waals surface area (Å²) in [5.41, 5.74) is 0.780. The van der Waals surface area contributed by atoms with Crippen molar-refractivity contribution in [2.75, 3.05) is 13.7 Å². The van der Waals surface area contributed by atoms with E-state index < -0.39 is 11.9 Å². The maximum Gasteiger partial charge on any atom is 0.313 e. The number of carbonyl (C=O) groups excluding carboxylic acids is 3. The summed E-state index contributed by atoms with van der Waals surface area (Å²) in [7, 11) is 1.24. The minimum atomic E-state index is -0.564. The lowest BCUT2D eigenvalue weighted by Crippen LogP contribution is -2.26. The van der Waals surface area contributed by atoms with Crippen LogP contribution in [-0.4, -0.2) is 41.2 Å². The average Bonchev–Trinajstić information content (AvgIpc) is 2.81. The molecule has 1 aromatic rings. The first-order chi connectivity index (χ1) is 9.60. The molecule has 1 fully saturated rings. The van der Waals surface area contributed by atoms with Crippen LogP contribution >= 0.6 is 0 Å². The molecule has 106 valence electrons. The van der Waals surface area contributed by atoms with E-state index in [4.69, 9.17) is 0 Å². The normalized spacial score (nSPS) is 18.1. The van der Waals surface area contributed by atoms with Gasteiger partial charge in [-0.3, -0.25) is 19.4 Å². The summed E-state index contributed by atoms with van der Waals surface area (Å²) in [6.07, 6.45) is 1.55. The molecule has 2 heterocycles. The predicted octanol–water partition coefficient (Wildman–Crippen LogP) is 0.562. The SMILES string of the molecule is COC(=O)CC(=O)C1CC(=O)N(Cc2ccccn2)C1. The monoisotopic (exact) mass is 276 g/mol. The van der Waals surface area contributed by atoms with E-state index in [-0.39, 0.29) is 24.5 Å². The maximum atomic E-state index is 11.9. The number of amides is 1. The molecule has 1 unspecified atom stereocenters. The van der Waals surface area contributed by atoms with Gasteiger partial charge in [-0.1, -0.05) is 6.07 Å². The van der Waals surface area contributed by atoms with Crippen LogP contribution in [0.25, 0.3) is 0 Å². The molecular weight excluding hydrogens is 260 g/mol.